The molecule has 4 aromatic heterocycles. The number of para-hydroxylation sites is 3. The van der Waals surface area contributed by atoms with Crippen molar-refractivity contribution in [2.75, 3.05) is 0 Å². The van der Waals surface area contributed by atoms with Crippen LogP contribution in [0.5, 0.6) is 0 Å². The molecule has 4 heterocycles. The van der Waals surface area contributed by atoms with Crippen molar-refractivity contribution < 1.29 is 0 Å². The highest BCUT2D eigenvalue weighted by atomic mass is 15.0. The van der Waals surface area contributed by atoms with Crippen LogP contribution in [0.2, 0.25) is 0 Å². The summed E-state index contributed by atoms with van der Waals surface area (Å²) in [7, 11) is 0. The van der Waals surface area contributed by atoms with Gasteiger partial charge in [-0.05, 0) is 66.2 Å². The van der Waals surface area contributed by atoms with E-state index in [1.807, 2.05) is 24.4 Å². The normalized spacial score (nSPS) is 11.6. The molecule has 5 heteroatoms. The second-order valence-electron chi connectivity index (χ2n) is 14.1. The Bertz CT molecular complexity index is 3180. The second-order valence-corrected chi connectivity index (χ2v) is 14.1. The van der Waals surface area contributed by atoms with Crippen molar-refractivity contribution >= 4 is 43.7 Å². The van der Waals surface area contributed by atoms with Crippen molar-refractivity contribution in [2.24, 2.45) is 0 Å². The summed E-state index contributed by atoms with van der Waals surface area (Å²) < 4.78 is 4.71. The average molecular weight is 716 g/mol. The predicted octanol–water partition coefficient (Wildman–Crippen LogP) is 12.7. The lowest BCUT2D eigenvalue weighted by Crippen LogP contribution is -1.99. The Morgan fingerprint density at radius 1 is 0.357 bits per heavy atom. The summed E-state index contributed by atoms with van der Waals surface area (Å²) in [6, 6.07) is 68.2. The highest BCUT2D eigenvalue weighted by Gasteiger charge is 2.20. The maximum Gasteiger partial charge on any atom is 0.160 e. The molecule has 11 aromatic rings. The van der Waals surface area contributed by atoms with Crippen LogP contribution in [0.15, 0.2) is 200 Å². The predicted molar refractivity (Wildman–Crippen MR) is 230 cm³/mol. The molecule has 0 aliphatic heterocycles. The van der Waals surface area contributed by atoms with Gasteiger partial charge in [-0.1, -0.05) is 133 Å². The lowest BCUT2D eigenvalue weighted by atomic mass is 10.0. The van der Waals surface area contributed by atoms with Gasteiger partial charge < -0.3 is 9.13 Å². The fourth-order valence-corrected chi connectivity index (χ4v) is 8.25. The Morgan fingerprint density at radius 2 is 0.964 bits per heavy atom. The van der Waals surface area contributed by atoms with Gasteiger partial charge in [0.05, 0.1) is 39.0 Å². The minimum atomic E-state index is 0.681. The number of aromatic nitrogens is 5. The third-order valence-corrected chi connectivity index (χ3v) is 10.8. The molecule has 0 amide bonds. The summed E-state index contributed by atoms with van der Waals surface area (Å²) in [6.45, 7) is 0. The van der Waals surface area contributed by atoms with Gasteiger partial charge in [0.2, 0.25) is 0 Å². The van der Waals surface area contributed by atoms with Crippen LogP contribution in [-0.2, 0) is 0 Å². The Morgan fingerprint density at radius 3 is 1.73 bits per heavy atom. The van der Waals surface area contributed by atoms with Gasteiger partial charge in [-0.15, -0.1) is 0 Å². The lowest BCUT2D eigenvalue weighted by Gasteiger charge is -2.14. The van der Waals surface area contributed by atoms with Crippen molar-refractivity contribution in [1.29, 1.82) is 0 Å². The Kier molecular flexibility index (Phi) is 7.42. The Balaban J connectivity index is 1.12. The molecule has 0 fully saturated rings. The van der Waals surface area contributed by atoms with Crippen molar-refractivity contribution in [2.45, 2.75) is 0 Å². The number of hydrogen-bond donors (Lipinski definition) is 0. The molecule has 0 N–H and O–H groups in total. The summed E-state index contributed by atoms with van der Waals surface area (Å²) in [5.41, 5.74) is 14.7. The largest absolute Gasteiger partial charge is 0.309 e. The first-order valence-electron chi connectivity index (χ1n) is 18.9. The quantitative estimate of drug-likeness (QED) is 0.172. The van der Waals surface area contributed by atoms with E-state index in [1.54, 1.807) is 0 Å². The van der Waals surface area contributed by atoms with Crippen LogP contribution in [0.1, 0.15) is 0 Å². The molecule has 0 aliphatic rings. The van der Waals surface area contributed by atoms with Crippen LogP contribution in [-0.4, -0.2) is 24.1 Å². The van der Waals surface area contributed by atoms with Gasteiger partial charge >= 0.3 is 0 Å². The van der Waals surface area contributed by atoms with Crippen LogP contribution in [0.25, 0.3) is 100 Å². The van der Waals surface area contributed by atoms with Crippen molar-refractivity contribution in [3.63, 3.8) is 0 Å². The SMILES string of the molecule is c1ccc(-c2cc(-c3ccccc3)nc(-c3cccc(-n4c5ccccc5c5cccc(-c6ccc7c(c6)c6ncccc6n7-c6ccccc6)c54)c3)n2)cc1. The molecular weight excluding hydrogens is 683 g/mol. The molecule has 11 rings (SSSR count). The molecule has 0 atom stereocenters. The lowest BCUT2D eigenvalue weighted by molar-refractivity contribution is 1.16. The maximum atomic E-state index is 5.16. The zero-order chi connectivity index (χ0) is 37.0. The van der Waals surface area contributed by atoms with Crippen molar-refractivity contribution in [3.05, 3.63) is 200 Å². The van der Waals surface area contributed by atoms with Gasteiger partial charge in [-0.25, -0.2) is 9.97 Å². The molecule has 0 spiro atoms. The number of fused-ring (bicyclic) bond motifs is 6. The smallest absolute Gasteiger partial charge is 0.160 e. The van der Waals surface area contributed by atoms with Gasteiger partial charge in [-0.3, -0.25) is 4.98 Å². The Hall–Kier alpha value is -7.63. The molecule has 0 saturated carbocycles. The molecular formula is C51H33N5. The fourth-order valence-electron chi connectivity index (χ4n) is 8.25. The molecule has 0 saturated heterocycles. The van der Waals surface area contributed by atoms with Crippen LogP contribution in [0, 0.1) is 0 Å². The highest BCUT2D eigenvalue weighted by molar-refractivity contribution is 6.15. The van der Waals surface area contributed by atoms with E-state index >= 15 is 0 Å². The molecule has 0 radical (unpaired) electrons. The maximum absolute atomic E-state index is 5.16. The van der Waals surface area contributed by atoms with Crippen molar-refractivity contribution in [1.82, 2.24) is 24.1 Å². The third kappa shape index (κ3) is 5.21. The number of rotatable bonds is 6. The van der Waals surface area contributed by atoms with E-state index in [4.69, 9.17) is 15.0 Å². The first-order valence-corrected chi connectivity index (χ1v) is 18.9. The van der Waals surface area contributed by atoms with E-state index in [0.29, 0.717) is 5.82 Å². The standard InChI is InChI=1S/C51H33N5/c1-4-15-34(16-5-1)44-33-45(35-17-6-2-7-18-35)54-51(53-44)37-19-12-22-39(31-37)56-46-26-11-10-23-41(46)42-25-13-24-40(50(42)56)36-28-29-47-43(32-36)49-48(27-14-30-52-49)55(47)38-20-8-3-9-21-38/h1-33H. The highest BCUT2D eigenvalue weighted by Crippen LogP contribution is 2.41. The van der Waals surface area contributed by atoms with Crippen LogP contribution < -0.4 is 0 Å². The molecule has 0 bridgehead atoms. The van der Waals surface area contributed by atoms with E-state index in [9.17, 15) is 0 Å². The van der Waals surface area contributed by atoms with E-state index in [1.165, 1.54) is 10.8 Å². The fraction of sp³-hybridized carbons (Fsp3) is 0. The molecule has 0 unspecified atom stereocenters. The molecule has 5 nitrogen and oxygen atoms in total. The van der Waals surface area contributed by atoms with E-state index in [0.717, 1.165) is 83.5 Å². The monoisotopic (exact) mass is 715 g/mol. The van der Waals surface area contributed by atoms with E-state index in [-0.39, 0.29) is 0 Å². The number of hydrogen-bond acceptors (Lipinski definition) is 3. The minimum absolute atomic E-state index is 0.681. The summed E-state index contributed by atoms with van der Waals surface area (Å²) >= 11 is 0. The van der Waals surface area contributed by atoms with E-state index in [2.05, 4.69) is 185 Å². The summed E-state index contributed by atoms with van der Waals surface area (Å²) in [6.07, 6.45) is 1.89. The van der Waals surface area contributed by atoms with Gasteiger partial charge in [0.25, 0.3) is 0 Å². The van der Waals surface area contributed by atoms with Crippen LogP contribution in [0.4, 0.5) is 0 Å². The minimum Gasteiger partial charge on any atom is -0.309 e. The zero-order valence-electron chi connectivity index (χ0n) is 30.3. The van der Waals surface area contributed by atoms with Gasteiger partial charge in [-0.2, -0.15) is 0 Å². The van der Waals surface area contributed by atoms with Crippen molar-refractivity contribution in [3.8, 4) is 56.4 Å². The molecule has 56 heavy (non-hydrogen) atoms. The first-order chi connectivity index (χ1) is 27.8. The molecule has 7 aromatic carbocycles. The van der Waals surface area contributed by atoms with Gasteiger partial charge in [0.1, 0.15) is 0 Å². The summed E-state index contributed by atoms with van der Waals surface area (Å²) in [5, 5.41) is 3.52. The van der Waals surface area contributed by atoms with Crippen LogP contribution in [0.3, 0.4) is 0 Å². The van der Waals surface area contributed by atoms with Crippen LogP contribution >= 0.6 is 0 Å². The van der Waals surface area contributed by atoms with E-state index < -0.39 is 0 Å². The Labute approximate surface area is 323 Å². The molecule has 0 aliphatic carbocycles. The topological polar surface area (TPSA) is 48.5 Å². The zero-order valence-corrected chi connectivity index (χ0v) is 30.3. The summed E-state index contributed by atoms with van der Waals surface area (Å²) in [5.74, 6) is 0.681. The first kappa shape index (κ1) is 31.9. The number of pyridine rings is 1. The number of nitrogens with zero attached hydrogens (tertiary/aromatic N) is 5. The van der Waals surface area contributed by atoms with Gasteiger partial charge in [0.15, 0.2) is 5.82 Å². The second kappa shape index (κ2) is 13.0. The molecule has 262 valence electrons. The summed E-state index contributed by atoms with van der Waals surface area (Å²) in [4.78, 5) is 15.2. The van der Waals surface area contributed by atoms with Gasteiger partial charge in [0, 0.05) is 56.0 Å². The average Bonchev–Trinajstić information content (AvgIpc) is 3.80. The third-order valence-electron chi connectivity index (χ3n) is 10.8. The number of benzene rings is 7.